The van der Waals surface area contributed by atoms with Crippen molar-refractivity contribution in [2.75, 3.05) is 31.7 Å². The number of thiazole rings is 1. The van der Waals surface area contributed by atoms with Crippen LogP contribution in [0.2, 0.25) is 10.0 Å². The lowest BCUT2D eigenvalue weighted by molar-refractivity contribution is 0.0531. The molecule has 1 aliphatic rings. The topological polar surface area (TPSA) is 122 Å². The molecule has 1 saturated heterocycles. The Labute approximate surface area is 216 Å². The average molecular weight is 539 g/mol. The number of rotatable bonds is 7. The molecule has 1 amide bonds. The molecule has 3 aromatic rings. The van der Waals surface area contributed by atoms with Gasteiger partial charge >= 0.3 is 5.97 Å². The lowest BCUT2D eigenvalue weighted by Crippen LogP contribution is -2.55. The summed E-state index contributed by atoms with van der Waals surface area (Å²) < 4.78 is 10.9. The fourth-order valence-electron chi connectivity index (χ4n) is 3.81. The first kappa shape index (κ1) is 25.4. The average Bonchev–Trinajstić information content (AvgIpc) is 3.42. The summed E-state index contributed by atoms with van der Waals surface area (Å²) in [6, 6.07) is 1.43. The zero-order chi connectivity index (χ0) is 25.1. The van der Waals surface area contributed by atoms with E-state index in [-0.39, 0.29) is 35.4 Å². The number of hydrogen-bond donors (Lipinski definition) is 2. The number of amides is 1. The van der Waals surface area contributed by atoms with Gasteiger partial charge in [-0.25, -0.2) is 19.7 Å². The van der Waals surface area contributed by atoms with E-state index in [2.05, 4.69) is 25.3 Å². The second-order valence-corrected chi connectivity index (χ2v) is 9.54. The molecule has 10 nitrogen and oxygen atoms in total. The summed E-state index contributed by atoms with van der Waals surface area (Å²) in [5, 5.41) is 4.13. The molecule has 0 radical (unpaired) electrons. The van der Waals surface area contributed by atoms with Crippen molar-refractivity contribution < 1.29 is 19.1 Å². The van der Waals surface area contributed by atoms with Crippen LogP contribution in [0.1, 0.15) is 39.2 Å². The number of anilines is 1. The highest BCUT2D eigenvalue weighted by atomic mass is 35.5. The van der Waals surface area contributed by atoms with Gasteiger partial charge in [-0.3, -0.25) is 4.79 Å². The zero-order valence-electron chi connectivity index (χ0n) is 19.3. The minimum atomic E-state index is -0.471. The number of hydrogen-bond acceptors (Lipinski definition) is 9. The van der Waals surface area contributed by atoms with E-state index >= 15 is 0 Å². The van der Waals surface area contributed by atoms with Gasteiger partial charge in [0.2, 0.25) is 0 Å². The number of nitrogens with zero attached hydrogens (tertiary/aromatic N) is 4. The molecule has 4 rings (SSSR count). The summed E-state index contributed by atoms with van der Waals surface area (Å²) in [5.74, 6) is -0.478. The minimum Gasteiger partial charge on any atom is -0.462 e. The van der Waals surface area contributed by atoms with Gasteiger partial charge in [0.25, 0.3) is 5.91 Å². The summed E-state index contributed by atoms with van der Waals surface area (Å²) in [6.07, 6.45) is 3.44. The van der Waals surface area contributed by atoms with Crippen LogP contribution in [0, 0.1) is 6.92 Å². The minimum absolute atomic E-state index is 0.193. The molecule has 0 saturated carbocycles. The van der Waals surface area contributed by atoms with Crippen molar-refractivity contribution in [3.8, 4) is 11.5 Å². The maximum Gasteiger partial charge on any atom is 0.350 e. The molecule has 3 aromatic heterocycles. The molecule has 0 bridgehead atoms. The number of aryl methyl sites for hydroxylation is 1. The van der Waals surface area contributed by atoms with Crippen molar-refractivity contribution in [3.63, 3.8) is 0 Å². The van der Waals surface area contributed by atoms with E-state index in [1.165, 1.54) is 11.3 Å². The smallest absolute Gasteiger partial charge is 0.350 e. The maximum atomic E-state index is 12.8. The Bertz CT molecular complexity index is 1220. The number of piperidine rings is 1. The van der Waals surface area contributed by atoms with E-state index in [4.69, 9.17) is 32.7 Å². The van der Waals surface area contributed by atoms with E-state index in [1.54, 1.807) is 39.4 Å². The number of aromatic amines is 1. The summed E-state index contributed by atoms with van der Waals surface area (Å²) in [5.41, 5.74) is 1.22. The third kappa shape index (κ3) is 5.27. The molecule has 13 heteroatoms. The van der Waals surface area contributed by atoms with Crippen molar-refractivity contribution in [2.45, 2.75) is 32.4 Å². The fourth-order valence-corrected chi connectivity index (χ4v) is 5.22. The number of carbonyl (C=O) groups excluding carboxylic acids is 2. The van der Waals surface area contributed by atoms with Gasteiger partial charge < -0.3 is 24.7 Å². The van der Waals surface area contributed by atoms with Crippen LogP contribution in [0.4, 0.5) is 5.13 Å². The van der Waals surface area contributed by atoms with Gasteiger partial charge in [0, 0.05) is 38.3 Å². The molecule has 2 N–H and O–H groups in total. The number of halogens is 2. The molecule has 0 spiro atoms. The molecule has 2 atom stereocenters. The van der Waals surface area contributed by atoms with Crippen LogP contribution in [-0.2, 0) is 9.47 Å². The van der Waals surface area contributed by atoms with E-state index in [1.807, 2.05) is 4.90 Å². The molecule has 4 heterocycles. The van der Waals surface area contributed by atoms with Gasteiger partial charge in [0.15, 0.2) is 11.0 Å². The molecule has 2 unspecified atom stereocenters. The molecule has 35 heavy (non-hydrogen) atoms. The Morgan fingerprint density at radius 1 is 1.29 bits per heavy atom. The van der Waals surface area contributed by atoms with Crippen LogP contribution in [0.5, 0.6) is 0 Å². The first-order valence-corrected chi connectivity index (χ1v) is 12.5. The largest absolute Gasteiger partial charge is 0.462 e. The molecular formula is C22H24Cl2N6O4S. The summed E-state index contributed by atoms with van der Waals surface area (Å²) >= 11 is 13.5. The van der Waals surface area contributed by atoms with Crippen LogP contribution < -0.4 is 10.2 Å². The Morgan fingerprint density at radius 3 is 2.66 bits per heavy atom. The standard InChI is InChI=1S/C22H24Cl2N6O4S/c1-4-34-21(32)18-17(19-25-7-5-8-26-19)29-22(35-18)30-9-6-12(13(10-30)33-3)28-20(31)16-15(24)14(23)11(2)27-16/h5,7-8,12-13,27H,4,6,9-10H2,1-3H3,(H,28,31). The molecule has 0 aliphatic carbocycles. The second-order valence-electron chi connectivity index (χ2n) is 7.81. The predicted molar refractivity (Wildman–Crippen MR) is 134 cm³/mol. The van der Waals surface area contributed by atoms with Gasteiger partial charge in [0.1, 0.15) is 16.3 Å². The highest BCUT2D eigenvalue weighted by Gasteiger charge is 2.34. The van der Waals surface area contributed by atoms with E-state index in [0.717, 1.165) is 0 Å². The van der Waals surface area contributed by atoms with Crippen molar-refractivity contribution >= 4 is 51.5 Å². The van der Waals surface area contributed by atoms with E-state index in [0.29, 0.717) is 51.8 Å². The normalized spacial score (nSPS) is 17.9. The van der Waals surface area contributed by atoms with Crippen molar-refractivity contribution in [1.82, 2.24) is 25.3 Å². The van der Waals surface area contributed by atoms with E-state index in [9.17, 15) is 9.59 Å². The Hall–Kier alpha value is -2.73. The number of H-pyrrole nitrogens is 1. The molecular weight excluding hydrogens is 515 g/mol. The quantitative estimate of drug-likeness (QED) is 0.436. The molecule has 0 aromatic carbocycles. The maximum absolute atomic E-state index is 12.8. The number of ether oxygens (including phenoxy) is 2. The number of methoxy groups -OCH3 is 1. The van der Waals surface area contributed by atoms with Crippen molar-refractivity contribution in [2.24, 2.45) is 0 Å². The van der Waals surface area contributed by atoms with Crippen LogP contribution >= 0.6 is 34.5 Å². The Kier molecular flexibility index (Phi) is 7.90. The number of carbonyl (C=O) groups is 2. The third-order valence-corrected chi connectivity index (χ3v) is 7.63. The van der Waals surface area contributed by atoms with Crippen LogP contribution in [0.15, 0.2) is 18.5 Å². The number of aromatic nitrogens is 4. The van der Waals surface area contributed by atoms with Gasteiger partial charge in [-0.05, 0) is 26.3 Å². The van der Waals surface area contributed by atoms with Crippen LogP contribution in [0.25, 0.3) is 11.5 Å². The SMILES string of the molecule is CCOC(=O)c1sc(N2CCC(NC(=O)c3[nH]c(C)c(Cl)c3Cl)C(OC)C2)nc1-c1ncccn1. The second kappa shape index (κ2) is 10.9. The van der Waals surface area contributed by atoms with Gasteiger partial charge in [-0.2, -0.15) is 0 Å². The lowest BCUT2D eigenvalue weighted by Gasteiger charge is -2.37. The van der Waals surface area contributed by atoms with Gasteiger partial charge in [-0.15, -0.1) is 0 Å². The van der Waals surface area contributed by atoms with Gasteiger partial charge in [-0.1, -0.05) is 34.5 Å². The lowest BCUT2D eigenvalue weighted by atomic mass is 10.0. The highest BCUT2D eigenvalue weighted by Crippen LogP contribution is 2.34. The molecule has 1 aliphatic heterocycles. The first-order chi connectivity index (χ1) is 16.8. The summed E-state index contributed by atoms with van der Waals surface area (Å²) in [7, 11) is 1.59. The predicted octanol–water partition coefficient (Wildman–Crippen LogP) is 3.74. The number of esters is 1. The van der Waals surface area contributed by atoms with Crippen LogP contribution in [-0.4, -0.2) is 70.8 Å². The third-order valence-electron chi connectivity index (χ3n) is 5.58. The summed E-state index contributed by atoms with van der Waals surface area (Å²) in [4.78, 5) is 43.9. The van der Waals surface area contributed by atoms with Crippen molar-refractivity contribution in [1.29, 1.82) is 0 Å². The van der Waals surface area contributed by atoms with Gasteiger partial charge in [0.05, 0.1) is 28.8 Å². The zero-order valence-corrected chi connectivity index (χ0v) is 21.6. The van der Waals surface area contributed by atoms with Crippen LogP contribution in [0.3, 0.4) is 0 Å². The monoisotopic (exact) mass is 538 g/mol. The molecule has 1 fully saturated rings. The highest BCUT2D eigenvalue weighted by molar-refractivity contribution is 7.17. The summed E-state index contributed by atoms with van der Waals surface area (Å²) in [6.45, 7) is 4.76. The first-order valence-electron chi connectivity index (χ1n) is 10.9. The molecule has 186 valence electrons. The Morgan fingerprint density at radius 2 is 2.03 bits per heavy atom. The van der Waals surface area contributed by atoms with Crippen molar-refractivity contribution in [3.05, 3.63) is 44.8 Å². The Balaban J connectivity index is 1.53. The van der Waals surface area contributed by atoms with E-state index < -0.39 is 5.97 Å². The number of nitrogens with one attached hydrogen (secondary N) is 2. The fraction of sp³-hybridized carbons (Fsp3) is 0.409.